The van der Waals surface area contributed by atoms with Crippen molar-refractivity contribution in [2.24, 2.45) is 0 Å². The maximum atomic E-state index is 13.1. The number of aromatic nitrogens is 1. The van der Waals surface area contributed by atoms with E-state index in [0.29, 0.717) is 32.8 Å². The Labute approximate surface area is 159 Å². The molecule has 130 valence electrons. The summed E-state index contributed by atoms with van der Waals surface area (Å²) in [5.74, 6) is 0.0886. The minimum Gasteiger partial charge on any atom is -0.378 e. The molecule has 0 bridgehead atoms. The lowest BCUT2D eigenvalue weighted by Crippen LogP contribution is -2.41. The van der Waals surface area contributed by atoms with Gasteiger partial charge in [-0.1, -0.05) is 29.8 Å². The summed E-state index contributed by atoms with van der Waals surface area (Å²) in [6, 6.07) is 10.5. The van der Waals surface area contributed by atoms with Crippen molar-refractivity contribution in [3.8, 4) is 0 Å². The van der Waals surface area contributed by atoms with Crippen molar-refractivity contribution in [3.05, 3.63) is 57.0 Å². The molecule has 3 aromatic rings. The van der Waals surface area contributed by atoms with Gasteiger partial charge in [-0.15, -0.1) is 11.3 Å². The van der Waals surface area contributed by atoms with Crippen molar-refractivity contribution >= 4 is 43.4 Å². The minimum absolute atomic E-state index is 0.0886. The number of nitrogens with zero attached hydrogens (tertiary/aromatic N) is 2. The quantitative estimate of drug-likeness (QED) is 0.635. The number of morpholine rings is 1. The van der Waals surface area contributed by atoms with Crippen LogP contribution in [0.2, 0.25) is 0 Å². The highest BCUT2D eigenvalue weighted by atomic mass is 79.9. The van der Waals surface area contributed by atoms with Crippen LogP contribution in [-0.4, -0.2) is 41.7 Å². The van der Waals surface area contributed by atoms with Gasteiger partial charge in [0.1, 0.15) is 5.69 Å². The number of hydrogen-bond donors (Lipinski definition) is 0. The molecular formula is C19H19BrN2O2S. The fraction of sp³-hybridized carbons (Fsp3) is 0.316. The smallest absolute Gasteiger partial charge is 0.270 e. The van der Waals surface area contributed by atoms with Gasteiger partial charge in [-0.25, -0.2) is 0 Å². The molecule has 0 unspecified atom stereocenters. The van der Waals surface area contributed by atoms with E-state index in [1.807, 2.05) is 11.0 Å². The molecular weight excluding hydrogens is 400 g/mol. The summed E-state index contributed by atoms with van der Waals surface area (Å²) < 4.78 is 9.69. The van der Waals surface area contributed by atoms with Crippen LogP contribution in [0.1, 0.15) is 21.6 Å². The summed E-state index contributed by atoms with van der Waals surface area (Å²) in [5, 5.41) is 2.08. The molecule has 3 heterocycles. The van der Waals surface area contributed by atoms with E-state index >= 15 is 0 Å². The lowest BCUT2D eigenvalue weighted by molar-refractivity contribution is 0.0296. The van der Waals surface area contributed by atoms with Crippen molar-refractivity contribution < 1.29 is 9.53 Å². The second kappa shape index (κ2) is 6.94. The number of ether oxygens (including phenoxy) is 1. The third-order valence-electron chi connectivity index (χ3n) is 4.56. The van der Waals surface area contributed by atoms with Gasteiger partial charge >= 0.3 is 0 Å². The number of halogens is 1. The number of rotatable bonds is 3. The second-order valence-electron chi connectivity index (χ2n) is 6.30. The fourth-order valence-electron chi connectivity index (χ4n) is 3.18. The van der Waals surface area contributed by atoms with Gasteiger partial charge in [0, 0.05) is 25.0 Å². The Morgan fingerprint density at radius 2 is 1.96 bits per heavy atom. The summed E-state index contributed by atoms with van der Waals surface area (Å²) >= 11 is 5.31. The molecule has 1 fully saturated rings. The molecule has 4 nitrogen and oxygen atoms in total. The van der Waals surface area contributed by atoms with E-state index in [9.17, 15) is 4.79 Å². The fourth-order valence-corrected chi connectivity index (χ4v) is 4.87. The summed E-state index contributed by atoms with van der Waals surface area (Å²) in [6.45, 7) is 5.31. The lowest BCUT2D eigenvalue weighted by atomic mass is 10.1. The van der Waals surface area contributed by atoms with Gasteiger partial charge in [0.15, 0.2) is 0 Å². The first-order valence-electron chi connectivity index (χ1n) is 8.32. The van der Waals surface area contributed by atoms with Crippen LogP contribution in [0.15, 0.2) is 40.2 Å². The maximum Gasteiger partial charge on any atom is 0.270 e. The highest BCUT2D eigenvalue weighted by molar-refractivity contribution is 9.10. The van der Waals surface area contributed by atoms with Crippen LogP contribution in [0.25, 0.3) is 10.2 Å². The molecule has 1 amide bonds. The standard InChI is InChI=1S/C19H19BrN2O2S/c1-13-2-4-14(5-3-13)11-22-16(10-17-18(22)15(20)12-25-17)19(23)21-6-8-24-9-7-21/h2-5,10,12H,6-9,11H2,1H3. The van der Waals surface area contributed by atoms with Gasteiger partial charge in [-0.3, -0.25) is 4.79 Å². The normalized spacial score (nSPS) is 15.0. The van der Waals surface area contributed by atoms with Crippen LogP contribution in [0, 0.1) is 6.92 Å². The monoisotopic (exact) mass is 418 g/mol. The van der Waals surface area contributed by atoms with E-state index in [2.05, 4.69) is 57.1 Å². The van der Waals surface area contributed by atoms with E-state index in [1.54, 1.807) is 11.3 Å². The van der Waals surface area contributed by atoms with Gasteiger partial charge in [0.2, 0.25) is 0 Å². The number of hydrogen-bond acceptors (Lipinski definition) is 3. The SMILES string of the molecule is Cc1ccc(Cn2c(C(=O)N3CCOCC3)cc3scc(Br)c32)cc1. The number of carbonyl (C=O) groups is 1. The van der Waals surface area contributed by atoms with Crippen LogP contribution in [0.3, 0.4) is 0 Å². The molecule has 1 aliphatic rings. The zero-order valence-electron chi connectivity index (χ0n) is 14.0. The molecule has 2 aromatic heterocycles. The van der Waals surface area contributed by atoms with Gasteiger partial charge in [0.25, 0.3) is 5.91 Å². The molecule has 1 saturated heterocycles. The highest BCUT2D eigenvalue weighted by Gasteiger charge is 2.24. The molecule has 0 aliphatic carbocycles. The molecule has 0 spiro atoms. The lowest BCUT2D eigenvalue weighted by Gasteiger charge is -2.27. The van der Waals surface area contributed by atoms with Crippen molar-refractivity contribution in [2.45, 2.75) is 13.5 Å². The Morgan fingerprint density at radius 1 is 1.24 bits per heavy atom. The van der Waals surface area contributed by atoms with Crippen LogP contribution >= 0.6 is 27.3 Å². The van der Waals surface area contributed by atoms with Gasteiger partial charge < -0.3 is 14.2 Å². The third kappa shape index (κ3) is 3.26. The first kappa shape index (κ1) is 16.8. The Bertz CT molecular complexity index is 908. The third-order valence-corrected chi connectivity index (χ3v) is 6.38. The predicted molar refractivity (Wildman–Crippen MR) is 105 cm³/mol. The molecule has 0 atom stereocenters. The van der Waals surface area contributed by atoms with Crippen LogP contribution in [-0.2, 0) is 11.3 Å². The second-order valence-corrected chi connectivity index (χ2v) is 8.07. The number of carbonyl (C=O) groups excluding carboxylic acids is 1. The maximum absolute atomic E-state index is 13.1. The number of fused-ring (bicyclic) bond motifs is 1. The number of amides is 1. The van der Waals surface area contributed by atoms with Crippen molar-refractivity contribution in [1.29, 1.82) is 0 Å². The molecule has 25 heavy (non-hydrogen) atoms. The van der Waals surface area contributed by atoms with E-state index < -0.39 is 0 Å². The number of thiophene rings is 1. The van der Waals surface area contributed by atoms with E-state index in [-0.39, 0.29) is 5.91 Å². The molecule has 6 heteroatoms. The van der Waals surface area contributed by atoms with Crippen LogP contribution in [0.4, 0.5) is 0 Å². The Hall–Kier alpha value is -1.63. The van der Waals surface area contributed by atoms with Gasteiger partial charge in [-0.2, -0.15) is 0 Å². The average molecular weight is 419 g/mol. The van der Waals surface area contributed by atoms with Crippen molar-refractivity contribution in [2.75, 3.05) is 26.3 Å². The Balaban J connectivity index is 1.75. The number of benzene rings is 1. The molecule has 4 rings (SSSR count). The van der Waals surface area contributed by atoms with Gasteiger partial charge in [-0.05, 0) is 34.5 Å². The first-order valence-corrected chi connectivity index (χ1v) is 9.99. The average Bonchev–Trinajstić information content (AvgIpc) is 3.18. The molecule has 1 aliphatic heterocycles. The van der Waals surface area contributed by atoms with Crippen molar-refractivity contribution in [1.82, 2.24) is 9.47 Å². The molecule has 0 N–H and O–H groups in total. The molecule has 1 aromatic carbocycles. The summed E-state index contributed by atoms with van der Waals surface area (Å²) in [6.07, 6.45) is 0. The predicted octanol–water partition coefficient (Wildman–Crippen LogP) is 4.29. The molecule has 0 radical (unpaired) electrons. The summed E-state index contributed by atoms with van der Waals surface area (Å²) in [4.78, 5) is 15.0. The molecule has 0 saturated carbocycles. The van der Waals surface area contributed by atoms with E-state index in [0.717, 1.165) is 20.4 Å². The van der Waals surface area contributed by atoms with Crippen LogP contribution < -0.4 is 0 Å². The zero-order valence-corrected chi connectivity index (χ0v) is 16.4. The van der Waals surface area contributed by atoms with E-state index in [1.165, 1.54) is 11.1 Å². The van der Waals surface area contributed by atoms with E-state index in [4.69, 9.17) is 4.74 Å². The minimum atomic E-state index is 0.0886. The van der Waals surface area contributed by atoms with Crippen LogP contribution in [0.5, 0.6) is 0 Å². The summed E-state index contributed by atoms with van der Waals surface area (Å²) in [7, 11) is 0. The summed E-state index contributed by atoms with van der Waals surface area (Å²) in [5.41, 5.74) is 4.28. The Morgan fingerprint density at radius 3 is 2.68 bits per heavy atom. The van der Waals surface area contributed by atoms with Gasteiger partial charge in [0.05, 0.1) is 27.9 Å². The Kier molecular flexibility index (Phi) is 4.67. The zero-order chi connectivity index (χ0) is 17.4. The number of aryl methyl sites for hydroxylation is 1. The first-order chi connectivity index (χ1) is 12.1. The topological polar surface area (TPSA) is 34.5 Å². The largest absolute Gasteiger partial charge is 0.378 e. The van der Waals surface area contributed by atoms with Crippen molar-refractivity contribution in [3.63, 3.8) is 0 Å². The highest BCUT2D eigenvalue weighted by Crippen LogP contribution is 2.34.